The molecule has 3 unspecified atom stereocenters. The van der Waals surface area contributed by atoms with Crippen molar-refractivity contribution in [2.75, 3.05) is 13.1 Å². The van der Waals surface area contributed by atoms with Gasteiger partial charge in [-0.25, -0.2) is 0 Å². The number of nitrogens with one attached hydrogen (secondary N) is 1. The SMILES string of the molecule is CC1CCCNC1C(=O)N1CCCCC1C. The van der Waals surface area contributed by atoms with Crippen LogP contribution in [0.4, 0.5) is 0 Å². The first-order valence-corrected chi connectivity index (χ1v) is 6.74. The van der Waals surface area contributed by atoms with Crippen LogP contribution < -0.4 is 5.32 Å². The number of rotatable bonds is 1. The predicted molar refractivity (Wildman–Crippen MR) is 65.2 cm³/mol. The topological polar surface area (TPSA) is 32.3 Å². The Morgan fingerprint density at radius 2 is 2.00 bits per heavy atom. The Morgan fingerprint density at radius 3 is 2.69 bits per heavy atom. The maximum absolute atomic E-state index is 12.4. The van der Waals surface area contributed by atoms with Gasteiger partial charge in [-0.2, -0.15) is 0 Å². The second-order valence-corrected chi connectivity index (χ2v) is 5.43. The van der Waals surface area contributed by atoms with E-state index < -0.39 is 0 Å². The van der Waals surface area contributed by atoms with Crippen molar-refractivity contribution in [1.82, 2.24) is 10.2 Å². The lowest BCUT2D eigenvalue weighted by Crippen LogP contribution is -2.55. The third-order valence-electron chi connectivity index (χ3n) is 4.12. The van der Waals surface area contributed by atoms with Gasteiger partial charge in [0.1, 0.15) is 0 Å². The molecule has 0 aromatic carbocycles. The number of piperidine rings is 2. The second-order valence-electron chi connectivity index (χ2n) is 5.43. The Kier molecular flexibility index (Phi) is 3.85. The molecule has 3 atom stereocenters. The molecule has 2 saturated heterocycles. The molecule has 0 radical (unpaired) electrons. The average Bonchev–Trinajstić information content (AvgIpc) is 2.29. The second kappa shape index (κ2) is 5.17. The Hall–Kier alpha value is -0.570. The molecule has 0 saturated carbocycles. The highest BCUT2D eigenvalue weighted by molar-refractivity contribution is 5.82. The molecular formula is C13H24N2O. The summed E-state index contributed by atoms with van der Waals surface area (Å²) in [6.07, 6.45) is 6.02. The third-order valence-corrected chi connectivity index (χ3v) is 4.12. The van der Waals surface area contributed by atoms with E-state index in [1.807, 2.05) is 0 Å². The van der Waals surface area contributed by atoms with E-state index in [0.29, 0.717) is 17.9 Å². The first kappa shape index (κ1) is 11.9. The Bertz CT molecular complexity index is 230. The number of hydrogen-bond donors (Lipinski definition) is 1. The first-order chi connectivity index (χ1) is 7.70. The summed E-state index contributed by atoms with van der Waals surface area (Å²) in [5.41, 5.74) is 0. The smallest absolute Gasteiger partial charge is 0.240 e. The van der Waals surface area contributed by atoms with Gasteiger partial charge in [0.2, 0.25) is 5.91 Å². The number of likely N-dealkylation sites (tertiary alicyclic amines) is 1. The number of nitrogens with zero attached hydrogens (tertiary/aromatic N) is 1. The monoisotopic (exact) mass is 224 g/mol. The molecule has 3 heteroatoms. The maximum atomic E-state index is 12.4. The number of amides is 1. The van der Waals surface area contributed by atoms with E-state index in [0.717, 1.165) is 13.1 Å². The van der Waals surface area contributed by atoms with E-state index >= 15 is 0 Å². The van der Waals surface area contributed by atoms with Gasteiger partial charge < -0.3 is 10.2 Å². The van der Waals surface area contributed by atoms with Crippen LogP contribution in [-0.4, -0.2) is 36.0 Å². The van der Waals surface area contributed by atoms with E-state index in [4.69, 9.17) is 0 Å². The van der Waals surface area contributed by atoms with Crippen LogP contribution in [0.2, 0.25) is 0 Å². The van der Waals surface area contributed by atoms with Gasteiger partial charge in [-0.3, -0.25) is 4.79 Å². The third kappa shape index (κ3) is 2.40. The van der Waals surface area contributed by atoms with Crippen molar-refractivity contribution in [3.05, 3.63) is 0 Å². The lowest BCUT2D eigenvalue weighted by Gasteiger charge is -2.39. The molecule has 1 N–H and O–H groups in total. The first-order valence-electron chi connectivity index (χ1n) is 6.74. The standard InChI is InChI=1S/C13H24N2O/c1-10-6-5-8-14-12(10)13(16)15-9-4-3-7-11(15)2/h10-12,14H,3-9H2,1-2H3. The number of carbonyl (C=O) groups is 1. The van der Waals surface area contributed by atoms with Crippen molar-refractivity contribution < 1.29 is 4.79 Å². The van der Waals surface area contributed by atoms with Crippen LogP contribution in [0.3, 0.4) is 0 Å². The van der Waals surface area contributed by atoms with Crippen LogP contribution in [0.5, 0.6) is 0 Å². The van der Waals surface area contributed by atoms with Crippen molar-refractivity contribution >= 4 is 5.91 Å². The minimum Gasteiger partial charge on any atom is -0.339 e. The van der Waals surface area contributed by atoms with Crippen molar-refractivity contribution in [2.45, 2.75) is 58.0 Å². The fourth-order valence-electron chi connectivity index (χ4n) is 2.98. The summed E-state index contributed by atoms with van der Waals surface area (Å²) in [7, 11) is 0. The fourth-order valence-corrected chi connectivity index (χ4v) is 2.98. The highest BCUT2D eigenvalue weighted by Crippen LogP contribution is 2.22. The Labute approximate surface area is 98.6 Å². The van der Waals surface area contributed by atoms with Crippen molar-refractivity contribution in [3.63, 3.8) is 0 Å². The molecule has 3 nitrogen and oxygen atoms in total. The van der Waals surface area contributed by atoms with E-state index in [2.05, 4.69) is 24.1 Å². The lowest BCUT2D eigenvalue weighted by molar-refractivity contribution is -0.138. The molecular weight excluding hydrogens is 200 g/mol. The zero-order chi connectivity index (χ0) is 11.5. The zero-order valence-corrected chi connectivity index (χ0v) is 10.5. The number of hydrogen-bond acceptors (Lipinski definition) is 2. The summed E-state index contributed by atoms with van der Waals surface area (Å²) < 4.78 is 0. The summed E-state index contributed by atoms with van der Waals surface area (Å²) in [5, 5.41) is 3.40. The quantitative estimate of drug-likeness (QED) is 0.736. The molecule has 0 aliphatic carbocycles. The minimum absolute atomic E-state index is 0.0781. The van der Waals surface area contributed by atoms with Crippen LogP contribution in [0, 0.1) is 5.92 Å². The van der Waals surface area contributed by atoms with Crippen LogP contribution in [0.25, 0.3) is 0 Å². The molecule has 0 spiro atoms. The lowest BCUT2D eigenvalue weighted by atomic mass is 9.90. The van der Waals surface area contributed by atoms with Gasteiger partial charge in [-0.15, -0.1) is 0 Å². The molecule has 0 bridgehead atoms. The normalized spacial score (nSPS) is 36.1. The van der Waals surface area contributed by atoms with Crippen molar-refractivity contribution in [1.29, 1.82) is 0 Å². The Balaban J connectivity index is 1.99. The van der Waals surface area contributed by atoms with E-state index in [1.54, 1.807) is 0 Å². The fraction of sp³-hybridized carbons (Fsp3) is 0.923. The number of carbonyl (C=O) groups excluding carboxylic acids is 1. The minimum atomic E-state index is 0.0781. The van der Waals surface area contributed by atoms with E-state index in [-0.39, 0.29) is 6.04 Å². The Morgan fingerprint density at radius 1 is 1.19 bits per heavy atom. The van der Waals surface area contributed by atoms with Gasteiger partial charge in [0.25, 0.3) is 0 Å². The summed E-state index contributed by atoms with van der Waals surface area (Å²) in [6.45, 7) is 6.35. The molecule has 2 aliphatic rings. The average molecular weight is 224 g/mol. The molecule has 2 fully saturated rings. The molecule has 1 amide bonds. The van der Waals surface area contributed by atoms with Gasteiger partial charge >= 0.3 is 0 Å². The maximum Gasteiger partial charge on any atom is 0.240 e. The van der Waals surface area contributed by atoms with E-state index in [9.17, 15) is 4.79 Å². The van der Waals surface area contributed by atoms with Crippen LogP contribution in [0.1, 0.15) is 46.0 Å². The molecule has 2 heterocycles. The molecule has 0 aromatic rings. The highest BCUT2D eigenvalue weighted by atomic mass is 16.2. The molecule has 2 aliphatic heterocycles. The van der Waals surface area contributed by atoms with Gasteiger partial charge in [-0.05, 0) is 51.5 Å². The van der Waals surface area contributed by atoms with Gasteiger partial charge in [0.15, 0.2) is 0 Å². The van der Waals surface area contributed by atoms with Crippen molar-refractivity contribution in [2.24, 2.45) is 5.92 Å². The highest BCUT2D eigenvalue weighted by Gasteiger charge is 2.33. The zero-order valence-electron chi connectivity index (χ0n) is 10.5. The summed E-state index contributed by atoms with van der Waals surface area (Å²) >= 11 is 0. The largest absolute Gasteiger partial charge is 0.339 e. The van der Waals surface area contributed by atoms with Crippen molar-refractivity contribution in [3.8, 4) is 0 Å². The predicted octanol–water partition coefficient (Wildman–Crippen LogP) is 1.78. The van der Waals surface area contributed by atoms with Crippen LogP contribution >= 0.6 is 0 Å². The molecule has 0 aromatic heterocycles. The van der Waals surface area contributed by atoms with Gasteiger partial charge in [0.05, 0.1) is 6.04 Å². The summed E-state index contributed by atoms with van der Waals surface area (Å²) in [5.74, 6) is 0.842. The molecule has 16 heavy (non-hydrogen) atoms. The summed E-state index contributed by atoms with van der Waals surface area (Å²) in [4.78, 5) is 14.5. The van der Waals surface area contributed by atoms with Crippen LogP contribution in [0.15, 0.2) is 0 Å². The van der Waals surface area contributed by atoms with Crippen LogP contribution in [-0.2, 0) is 4.79 Å². The van der Waals surface area contributed by atoms with Gasteiger partial charge in [-0.1, -0.05) is 6.92 Å². The molecule has 92 valence electrons. The molecule has 2 rings (SSSR count). The van der Waals surface area contributed by atoms with Gasteiger partial charge in [0, 0.05) is 12.6 Å². The van der Waals surface area contributed by atoms with E-state index in [1.165, 1.54) is 32.1 Å². The summed E-state index contributed by atoms with van der Waals surface area (Å²) in [6, 6.07) is 0.520.